The second-order valence-electron chi connectivity index (χ2n) is 6.69. The van der Waals surface area contributed by atoms with E-state index >= 15 is 0 Å². The van der Waals surface area contributed by atoms with Gasteiger partial charge in [0.1, 0.15) is 5.75 Å². The number of hydrogen-bond acceptors (Lipinski definition) is 5. The number of nitrogens with zero attached hydrogens (tertiary/aromatic N) is 1. The minimum atomic E-state index is -3.63. The molecule has 2 aromatic carbocycles. The van der Waals surface area contributed by atoms with Gasteiger partial charge < -0.3 is 10.1 Å². The average molecular weight is 402 g/mol. The van der Waals surface area contributed by atoms with Crippen LogP contribution in [-0.2, 0) is 14.8 Å². The molecule has 1 saturated heterocycles. The number of carbonyl (C=O) groups is 2. The van der Waals surface area contributed by atoms with E-state index in [1.165, 1.54) is 29.4 Å². The van der Waals surface area contributed by atoms with Gasteiger partial charge in [-0.05, 0) is 49.6 Å². The van der Waals surface area contributed by atoms with Crippen molar-refractivity contribution < 1.29 is 22.7 Å². The van der Waals surface area contributed by atoms with Gasteiger partial charge in [0.15, 0.2) is 0 Å². The summed E-state index contributed by atoms with van der Waals surface area (Å²) in [6, 6.07) is 10.9. The summed E-state index contributed by atoms with van der Waals surface area (Å²) in [5.74, 6) is -0.640. The van der Waals surface area contributed by atoms with E-state index in [4.69, 9.17) is 4.74 Å². The molecule has 1 heterocycles. The molecule has 0 spiro atoms. The van der Waals surface area contributed by atoms with Crippen LogP contribution in [0.3, 0.4) is 0 Å². The Bertz CT molecular complexity index is 1010. The van der Waals surface area contributed by atoms with Gasteiger partial charge in [-0.25, -0.2) is 13.2 Å². The summed E-state index contributed by atoms with van der Waals surface area (Å²) in [5, 5.41) is 2.61. The molecule has 0 saturated carbocycles. The number of esters is 1. The fraction of sp³-hybridized carbons (Fsp3) is 0.300. The van der Waals surface area contributed by atoms with Crippen LogP contribution in [0.25, 0.3) is 0 Å². The molecule has 0 bridgehead atoms. The lowest BCUT2D eigenvalue weighted by Crippen LogP contribution is -2.28. The van der Waals surface area contributed by atoms with Crippen molar-refractivity contribution in [2.45, 2.75) is 31.6 Å². The number of benzene rings is 2. The highest BCUT2D eigenvalue weighted by atomic mass is 32.2. The van der Waals surface area contributed by atoms with E-state index < -0.39 is 16.0 Å². The predicted molar refractivity (Wildman–Crippen MR) is 105 cm³/mol. The number of ether oxygens (including phenoxy) is 1. The molecule has 0 atom stereocenters. The summed E-state index contributed by atoms with van der Waals surface area (Å²) >= 11 is 0. The lowest BCUT2D eigenvalue weighted by molar-refractivity contribution is -0.114. The zero-order chi connectivity index (χ0) is 20.3. The third-order valence-corrected chi connectivity index (χ3v) is 6.39. The van der Waals surface area contributed by atoms with Crippen molar-refractivity contribution in [3.63, 3.8) is 0 Å². The van der Waals surface area contributed by atoms with Gasteiger partial charge in [0, 0.05) is 31.8 Å². The fourth-order valence-corrected chi connectivity index (χ4v) is 4.61. The second kappa shape index (κ2) is 8.12. The third kappa shape index (κ3) is 4.40. The smallest absolute Gasteiger partial charge is 0.343 e. The van der Waals surface area contributed by atoms with Crippen LogP contribution in [0.4, 0.5) is 5.69 Å². The predicted octanol–water partition coefficient (Wildman–Crippen LogP) is 2.96. The van der Waals surface area contributed by atoms with Crippen LogP contribution in [-0.4, -0.2) is 37.7 Å². The first-order chi connectivity index (χ1) is 13.3. The second-order valence-corrected chi connectivity index (χ2v) is 8.62. The van der Waals surface area contributed by atoms with E-state index in [2.05, 4.69) is 5.32 Å². The molecule has 1 N–H and O–H groups in total. The van der Waals surface area contributed by atoms with Crippen LogP contribution in [0.2, 0.25) is 0 Å². The standard InChI is InChI=1S/C20H22N2O5S/c1-14-8-9-18(28(25,26)22-10-3-4-11-22)13-19(14)20(24)27-17-7-5-6-16(12-17)21-15(2)23/h5-9,12-13H,3-4,10-11H2,1-2H3,(H,21,23). The first-order valence-corrected chi connectivity index (χ1v) is 10.4. The van der Waals surface area contributed by atoms with Gasteiger partial charge in [-0.15, -0.1) is 0 Å². The molecular formula is C20H22N2O5S. The van der Waals surface area contributed by atoms with Crippen LogP contribution in [0.5, 0.6) is 5.75 Å². The highest BCUT2D eigenvalue weighted by Gasteiger charge is 2.28. The molecular weight excluding hydrogens is 380 g/mol. The Hall–Kier alpha value is -2.71. The Morgan fingerprint density at radius 1 is 1.07 bits per heavy atom. The number of carbonyl (C=O) groups excluding carboxylic acids is 2. The lowest BCUT2D eigenvalue weighted by Gasteiger charge is -2.16. The molecule has 2 aromatic rings. The first-order valence-electron chi connectivity index (χ1n) is 8.98. The number of nitrogens with one attached hydrogen (secondary N) is 1. The summed E-state index contributed by atoms with van der Waals surface area (Å²) in [7, 11) is -3.63. The summed E-state index contributed by atoms with van der Waals surface area (Å²) in [6.07, 6.45) is 1.68. The Morgan fingerprint density at radius 3 is 2.46 bits per heavy atom. The summed E-state index contributed by atoms with van der Waals surface area (Å²) in [6.45, 7) is 4.09. The van der Waals surface area contributed by atoms with E-state index in [1.54, 1.807) is 31.2 Å². The molecule has 28 heavy (non-hydrogen) atoms. The SMILES string of the molecule is CC(=O)Nc1cccc(OC(=O)c2cc(S(=O)(=O)N3CCCC3)ccc2C)c1. The van der Waals surface area contributed by atoms with Gasteiger partial charge in [0.2, 0.25) is 15.9 Å². The molecule has 3 rings (SSSR count). The van der Waals surface area contributed by atoms with Crippen molar-refractivity contribution >= 4 is 27.6 Å². The monoisotopic (exact) mass is 402 g/mol. The van der Waals surface area contributed by atoms with E-state index in [0.29, 0.717) is 24.3 Å². The largest absolute Gasteiger partial charge is 0.423 e. The third-order valence-electron chi connectivity index (χ3n) is 4.50. The van der Waals surface area contributed by atoms with E-state index in [1.807, 2.05) is 0 Å². The van der Waals surface area contributed by atoms with Gasteiger partial charge in [-0.3, -0.25) is 4.79 Å². The molecule has 0 unspecified atom stereocenters. The van der Waals surface area contributed by atoms with Crippen molar-refractivity contribution in [2.24, 2.45) is 0 Å². The Balaban J connectivity index is 1.85. The Morgan fingerprint density at radius 2 is 1.79 bits per heavy atom. The van der Waals surface area contributed by atoms with Crippen LogP contribution in [0.1, 0.15) is 35.7 Å². The van der Waals surface area contributed by atoms with Gasteiger partial charge >= 0.3 is 5.97 Å². The maximum atomic E-state index is 12.8. The molecule has 148 valence electrons. The Labute approximate surface area is 164 Å². The molecule has 1 amide bonds. The normalized spacial score (nSPS) is 14.6. The molecule has 0 aliphatic carbocycles. The first kappa shape index (κ1) is 20.0. The van der Waals surface area contributed by atoms with Gasteiger partial charge in [-0.1, -0.05) is 12.1 Å². The minimum absolute atomic E-state index is 0.0824. The van der Waals surface area contributed by atoms with Crippen LogP contribution in [0.15, 0.2) is 47.4 Å². The van der Waals surface area contributed by atoms with E-state index in [0.717, 1.165) is 12.8 Å². The van der Waals surface area contributed by atoms with Crippen LogP contribution >= 0.6 is 0 Å². The van der Waals surface area contributed by atoms with E-state index in [9.17, 15) is 18.0 Å². The van der Waals surface area contributed by atoms with Crippen LogP contribution in [0, 0.1) is 6.92 Å². The van der Waals surface area contributed by atoms with E-state index in [-0.39, 0.29) is 22.1 Å². The maximum absolute atomic E-state index is 12.8. The highest BCUT2D eigenvalue weighted by molar-refractivity contribution is 7.89. The molecule has 1 aliphatic heterocycles. The Kier molecular flexibility index (Phi) is 5.81. The summed E-state index contributed by atoms with van der Waals surface area (Å²) in [5.41, 5.74) is 1.30. The average Bonchev–Trinajstić information content (AvgIpc) is 3.17. The minimum Gasteiger partial charge on any atom is -0.423 e. The summed E-state index contributed by atoms with van der Waals surface area (Å²) < 4.78 is 32.4. The van der Waals surface area contributed by atoms with Crippen molar-refractivity contribution in [1.82, 2.24) is 4.31 Å². The maximum Gasteiger partial charge on any atom is 0.343 e. The van der Waals surface area contributed by atoms with Crippen molar-refractivity contribution in [3.05, 3.63) is 53.6 Å². The number of anilines is 1. The number of sulfonamides is 1. The van der Waals surface area contributed by atoms with Crippen molar-refractivity contribution in [1.29, 1.82) is 0 Å². The fourth-order valence-electron chi connectivity index (χ4n) is 3.06. The van der Waals surface area contributed by atoms with Crippen molar-refractivity contribution in [2.75, 3.05) is 18.4 Å². The summed E-state index contributed by atoms with van der Waals surface area (Å²) in [4.78, 5) is 23.9. The van der Waals surface area contributed by atoms with Crippen molar-refractivity contribution in [3.8, 4) is 5.75 Å². The molecule has 0 radical (unpaired) electrons. The molecule has 1 aliphatic rings. The zero-order valence-corrected chi connectivity index (χ0v) is 16.6. The molecule has 0 aromatic heterocycles. The number of rotatable bonds is 5. The number of amides is 1. The molecule has 7 nitrogen and oxygen atoms in total. The number of aryl methyl sites for hydroxylation is 1. The number of hydrogen-bond donors (Lipinski definition) is 1. The lowest BCUT2D eigenvalue weighted by atomic mass is 10.1. The van der Waals surface area contributed by atoms with Crippen LogP contribution < -0.4 is 10.1 Å². The van der Waals surface area contributed by atoms with Gasteiger partial charge in [0.25, 0.3) is 0 Å². The topological polar surface area (TPSA) is 92.8 Å². The quantitative estimate of drug-likeness (QED) is 0.613. The zero-order valence-electron chi connectivity index (χ0n) is 15.8. The van der Waals surface area contributed by atoms with Gasteiger partial charge in [-0.2, -0.15) is 4.31 Å². The molecule has 1 fully saturated rings. The van der Waals surface area contributed by atoms with Gasteiger partial charge in [0.05, 0.1) is 10.5 Å². The molecule has 8 heteroatoms. The highest BCUT2D eigenvalue weighted by Crippen LogP contribution is 2.24.